The molecule has 0 aliphatic rings. The van der Waals surface area contributed by atoms with Gasteiger partial charge in [0.25, 0.3) is 0 Å². The second kappa shape index (κ2) is 7.68. The summed E-state index contributed by atoms with van der Waals surface area (Å²) in [5.74, 6) is 1.01. The zero-order valence-electron chi connectivity index (χ0n) is 11.5. The van der Waals surface area contributed by atoms with Crippen molar-refractivity contribution in [1.82, 2.24) is 5.32 Å². The van der Waals surface area contributed by atoms with Crippen molar-refractivity contribution < 1.29 is 17.9 Å². The number of ether oxygens (including phenoxy) is 2. The Hall–Kier alpha value is -1.02. The Morgan fingerprint density at radius 2 is 2.00 bits per heavy atom. The van der Waals surface area contributed by atoms with Gasteiger partial charge in [-0.2, -0.15) is 0 Å². The van der Waals surface area contributed by atoms with Crippen molar-refractivity contribution in [3.8, 4) is 11.5 Å². The monoisotopic (exact) mass is 322 g/mol. The summed E-state index contributed by atoms with van der Waals surface area (Å²) in [5.41, 5.74) is 0.920. The highest BCUT2D eigenvalue weighted by molar-refractivity contribution is 7.89. The third kappa shape index (κ3) is 5.54. The Morgan fingerprint density at radius 1 is 1.30 bits per heavy atom. The molecule has 0 amide bonds. The third-order valence-corrected chi connectivity index (χ3v) is 3.74. The standard InChI is InChI=1S/C12H19ClN2O4S/c1-18-11-7-9(6-10(13)12(11)19-2)8-15-4-3-5-20(14,16)17/h6-7,15H,3-5,8H2,1-2H3,(H2,14,16,17). The van der Waals surface area contributed by atoms with E-state index in [1.54, 1.807) is 6.07 Å². The topological polar surface area (TPSA) is 90.6 Å². The molecule has 6 nitrogen and oxygen atoms in total. The van der Waals surface area contributed by atoms with Gasteiger partial charge >= 0.3 is 0 Å². The summed E-state index contributed by atoms with van der Waals surface area (Å²) in [6, 6.07) is 3.59. The van der Waals surface area contributed by atoms with E-state index in [0.717, 1.165) is 5.56 Å². The molecule has 0 spiro atoms. The number of rotatable bonds is 8. The Bertz CT molecular complexity index is 549. The fourth-order valence-corrected chi connectivity index (χ4v) is 2.56. The number of nitrogens with two attached hydrogens (primary N) is 1. The molecule has 0 radical (unpaired) electrons. The highest BCUT2D eigenvalue weighted by atomic mass is 35.5. The van der Waals surface area contributed by atoms with Crippen LogP contribution < -0.4 is 19.9 Å². The number of nitrogens with one attached hydrogen (secondary N) is 1. The van der Waals surface area contributed by atoms with Crippen LogP contribution >= 0.6 is 11.6 Å². The van der Waals surface area contributed by atoms with E-state index in [2.05, 4.69) is 5.32 Å². The molecule has 0 atom stereocenters. The molecule has 1 aromatic rings. The van der Waals surface area contributed by atoms with Crippen molar-refractivity contribution in [2.45, 2.75) is 13.0 Å². The van der Waals surface area contributed by atoms with E-state index >= 15 is 0 Å². The van der Waals surface area contributed by atoms with E-state index in [4.69, 9.17) is 26.2 Å². The number of sulfonamides is 1. The van der Waals surface area contributed by atoms with Crippen molar-refractivity contribution in [2.24, 2.45) is 5.14 Å². The van der Waals surface area contributed by atoms with Crippen LogP contribution in [-0.2, 0) is 16.6 Å². The van der Waals surface area contributed by atoms with Gasteiger partial charge in [0.15, 0.2) is 11.5 Å². The number of halogens is 1. The number of hydrogen-bond donors (Lipinski definition) is 2. The molecule has 20 heavy (non-hydrogen) atoms. The Balaban J connectivity index is 2.54. The predicted octanol–water partition coefficient (Wildman–Crippen LogP) is 1.13. The van der Waals surface area contributed by atoms with Gasteiger partial charge in [-0.05, 0) is 30.7 Å². The molecule has 8 heteroatoms. The first-order valence-corrected chi connectivity index (χ1v) is 8.08. The van der Waals surface area contributed by atoms with Crippen LogP contribution in [0.15, 0.2) is 12.1 Å². The van der Waals surface area contributed by atoms with Crippen LogP contribution in [0.25, 0.3) is 0 Å². The predicted molar refractivity (Wildman–Crippen MR) is 78.9 cm³/mol. The quantitative estimate of drug-likeness (QED) is 0.700. The highest BCUT2D eigenvalue weighted by Crippen LogP contribution is 2.35. The average molecular weight is 323 g/mol. The van der Waals surface area contributed by atoms with Crippen LogP contribution in [0.3, 0.4) is 0 Å². The van der Waals surface area contributed by atoms with E-state index in [0.29, 0.717) is 36.0 Å². The van der Waals surface area contributed by atoms with Gasteiger partial charge in [-0.3, -0.25) is 0 Å². The molecular formula is C12H19ClN2O4S. The largest absolute Gasteiger partial charge is 0.493 e. The smallest absolute Gasteiger partial charge is 0.209 e. The lowest BCUT2D eigenvalue weighted by molar-refractivity contribution is 0.354. The Labute approximate surface area is 124 Å². The van der Waals surface area contributed by atoms with Crippen molar-refractivity contribution in [3.63, 3.8) is 0 Å². The third-order valence-electron chi connectivity index (χ3n) is 2.60. The maximum absolute atomic E-state index is 10.8. The molecule has 114 valence electrons. The van der Waals surface area contributed by atoms with Crippen LogP contribution in [0, 0.1) is 0 Å². The van der Waals surface area contributed by atoms with Crippen LogP contribution in [-0.4, -0.2) is 34.9 Å². The van der Waals surface area contributed by atoms with Crippen molar-refractivity contribution in [3.05, 3.63) is 22.7 Å². The van der Waals surface area contributed by atoms with Gasteiger partial charge in [0.1, 0.15) is 0 Å². The first kappa shape index (κ1) is 17.0. The van der Waals surface area contributed by atoms with Gasteiger partial charge in [0.2, 0.25) is 10.0 Å². The molecule has 1 rings (SSSR count). The summed E-state index contributed by atoms with van der Waals surface area (Å²) < 4.78 is 31.9. The van der Waals surface area contributed by atoms with Crippen LogP contribution in [0.5, 0.6) is 11.5 Å². The van der Waals surface area contributed by atoms with Crippen molar-refractivity contribution in [1.29, 1.82) is 0 Å². The number of hydrogen-bond acceptors (Lipinski definition) is 5. The lowest BCUT2D eigenvalue weighted by Gasteiger charge is -2.12. The minimum absolute atomic E-state index is 0.0350. The van der Waals surface area contributed by atoms with Crippen molar-refractivity contribution >= 4 is 21.6 Å². The number of benzene rings is 1. The van der Waals surface area contributed by atoms with Gasteiger partial charge in [-0.1, -0.05) is 11.6 Å². The molecule has 0 aliphatic carbocycles. The Morgan fingerprint density at radius 3 is 2.55 bits per heavy atom. The first-order valence-electron chi connectivity index (χ1n) is 5.99. The molecule has 0 bridgehead atoms. The molecule has 0 aromatic heterocycles. The summed E-state index contributed by atoms with van der Waals surface area (Å²) in [4.78, 5) is 0. The average Bonchev–Trinajstić information content (AvgIpc) is 2.36. The van der Waals surface area contributed by atoms with Crippen LogP contribution in [0.4, 0.5) is 0 Å². The summed E-state index contributed by atoms with van der Waals surface area (Å²) >= 11 is 6.08. The maximum atomic E-state index is 10.8. The van der Waals surface area contributed by atoms with E-state index in [9.17, 15) is 8.42 Å². The fourth-order valence-electron chi connectivity index (χ4n) is 1.70. The van der Waals surface area contributed by atoms with Crippen molar-refractivity contribution in [2.75, 3.05) is 26.5 Å². The minimum atomic E-state index is -3.39. The van der Waals surface area contributed by atoms with E-state index in [1.165, 1.54) is 14.2 Å². The molecule has 0 saturated heterocycles. The molecule has 0 fully saturated rings. The van der Waals surface area contributed by atoms with Crippen LogP contribution in [0.2, 0.25) is 5.02 Å². The summed E-state index contributed by atoms with van der Waals surface area (Å²) in [7, 11) is -0.331. The summed E-state index contributed by atoms with van der Waals surface area (Å²) in [6.07, 6.45) is 0.458. The zero-order valence-corrected chi connectivity index (χ0v) is 13.1. The zero-order chi connectivity index (χ0) is 15.2. The number of primary sulfonamides is 1. The minimum Gasteiger partial charge on any atom is -0.493 e. The number of methoxy groups -OCH3 is 2. The van der Waals surface area contributed by atoms with Gasteiger partial charge < -0.3 is 14.8 Å². The summed E-state index contributed by atoms with van der Waals surface area (Å²) in [6.45, 7) is 1.09. The molecule has 3 N–H and O–H groups in total. The second-order valence-corrected chi connectivity index (χ2v) is 6.35. The lowest BCUT2D eigenvalue weighted by Crippen LogP contribution is -2.22. The van der Waals surface area contributed by atoms with E-state index in [-0.39, 0.29) is 5.75 Å². The molecule has 0 heterocycles. The van der Waals surface area contributed by atoms with E-state index in [1.807, 2.05) is 6.07 Å². The summed E-state index contributed by atoms with van der Waals surface area (Å²) in [5, 5.41) is 8.50. The highest BCUT2D eigenvalue weighted by Gasteiger charge is 2.10. The first-order chi connectivity index (χ1) is 9.37. The second-order valence-electron chi connectivity index (χ2n) is 4.21. The van der Waals surface area contributed by atoms with Gasteiger partial charge in [-0.15, -0.1) is 0 Å². The molecule has 1 aromatic carbocycles. The normalized spacial score (nSPS) is 11.4. The molecule has 0 aliphatic heterocycles. The fraction of sp³-hybridized carbons (Fsp3) is 0.500. The molecule has 0 saturated carbocycles. The van der Waals surface area contributed by atoms with Gasteiger partial charge in [-0.25, -0.2) is 13.6 Å². The molecular weight excluding hydrogens is 304 g/mol. The van der Waals surface area contributed by atoms with Gasteiger partial charge in [0.05, 0.1) is 25.0 Å². The lowest BCUT2D eigenvalue weighted by atomic mass is 10.2. The van der Waals surface area contributed by atoms with E-state index < -0.39 is 10.0 Å². The Kier molecular flexibility index (Phi) is 6.54. The maximum Gasteiger partial charge on any atom is 0.209 e. The SMILES string of the molecule is COc1cc(CNCCCS(N)(=O)=O)cc(Cl)c1OC. The molecule has 0 unspecified atom stereocenters. The van der Waals surface area contributed by atoms with Crippen LogP contribution in [0.1, 0.15) is 12.0 Å². The van der Waals surface area contributed by atoms with Gasteiger partial charge in [0, 0.05) is 6.54 Å².